The van der Waals surface area contributed by atoms with Crippen LogP contribution in [-0.2, 0) is 13.2 Å². The summed E-state index contributed by atoms with van der Waals surface area (Å²) in [5.41, 5.74) is 2.77. The lowest BCUT2D eigenvalue weighted by molar-refractivity contribution is 0.0940. The van der Waals surface area contributed by atoms with Gasteiger partial charge in [-0.15, -0.1) is 0 Å². The monoisotopic (exact) mass is 376 g/mol. The highest BCUT2D eigenvalue weighted by Gasteiger charge is 2.17. The van der Waals surface area contributed by atoms with Gasteiger partial charge in [0.05, 0.1) is 5.52 Å². The number of allylic oxidation sites excluding steroid dienone is 2. The largest absolute Gasteiger partial charge is 0.488 e. The number of benzene rings is 2. The van der Waals surface area contributed by atoms with Crippen LogP contribution in [0.4, 0.5) is 0 Å². The van der Waals surface area contributed by atoms with Gasteiger partial charge in [-0.25, -0.2) is 0 Å². The summed E-state index contributed by atoms with van der Waals surface area (Å²) in [6.45, 7) is 7.96. The quantitative estimate of drug-likeness (QED) is 0.550. The number of amides is 1. The molecule has 0 fully saturated rings. The minimum atomic E-state index is -0.0524. The predicted molar refractivity (Wildman–Crippen MR) is 115 cm³/mol. The first kappa shape index (κ1) is 19.7. The molecule has 0 saturated heterocycles. The number of fused-ring (bicyclic) bond motifs is 1. The molecular formula is C24H28N2O2. The van der Waals surface area contributed by atoms with Crippen LogP contribution in [0.2, 0.25) is 0 Å². The van der Waals surface area contributed by atoms with Crippen molar-refractivity contribution < 1.29 is 9.53 Å². The summed E-state index contributed by atoms with van der Waals surface area (Å²) < 4.78 is 8.14. The van der Waals surface area contributed by atoms with Crippen LogP contribution in [0, 0.1) is 5.92 Å². The zero-order valence-electron chi connectivity index (χ0n) is 16.8. The third-order valence-electron chi connectivity index (χ3n) is 4.57. The Kier molecular flexibility index (Phi) is 6.53. The van der Waals surface area contributed by atoms with Gasteiger partial charge < -0.3 is 14.6 Å². The lowest BCUT2D eigenvalue weighted by Gasteiger charge is -2.11. The van der Waals surface area contributed by atoms with E-state index >= 15 is 0 Å². The summed E-state index contributed by atoms with van der Waals surface area (Å²) in [4.78, 5) is 12.8. The molecule has 1 aromatic heterocycles. The molecule has 0 atom stereocenters. The van der Waals surface area contributed by atoms with E-state index in [9.17, 15) is 4.79 Å². The Labute approximate surface area is 166 Å². The van der Waals surface area contributed by atoms with Gasteiger partial charge in [-0.1, -0.05) is 62.4 Å². The van der Waals surface area contributed by atoms with Crippen molar-refractivity contribution >= 4 is 16.8 Å². The van der Waals surface area contributed by atoms with E-state index in [4.69, 9.17) is 4.74 Å². The maximum Gasteiger partial charge on any atom is 0.267 e. The van der Waals surface area contributed by atoms with Crippen molar-refractivity contribution in [1.29, 1.82) is 0 Å². The Morgan fingerprint density at radius 2 is 1.93 bits per heavy atom. The van der Waals surface area contributed by atoms with Gasteiger partial charge in [0.2, 0.25) is 0 Å². The fraction of sp³-hybridized carbons (Fsp3) is 0.292. The Balaban J connectivity index is 1.94. The minimum absolute atomic E-state index is 0.0524. The second kappa shape index (κ2) is 9.27. The van der Waals surface area contributed by atoms with Crippen molar-refractivity contribution in [3.63, 3.8) is 0 Å². The SMILES string of the molecule is C/C=C\Cn1c(C(=O)NCC(C)C)cc2c(OCc3ccccc3)cccc21. The third kappa shape index (κ3) is 4.63. The molecule has 1 amide bonds. The van der Waals surface area contributed by atoms with Crippen LogP contribution in [0.25, 0.3) is 10.9 Å². The van der Waals surface area contributed by atoms with Crippen LogP contribution >= 0.6 is 0 Å². The average Bonchev–Trinajstić information content (AvgIpc) is 3.08. The highest BCUT2D eigenvalue weighted by molar-refractivity contribution is 6.00. The third-order valence-corrected chi connectivity index (χ3v) is 4.57. The number of ether oxygens (including phenoxy) is 1. The van der Waals surface area contributed by atoms with E-state index in [-0.39, 0.29) is 5.91 Å². The van der Waals surface area contributed by atoms with E-state index in [1.54, 1.807) is 0 Å². The maximum atomic E-state index is 12.8. The van der Waals surface area contributed by atoms with Gasteiger partial charge in [0.15, 0.2) is 0 Å². The molecule has 0 bridgehead atoms. The number of carbonyl (C=O) groups excluding carboxylic acids is 1. The van der Waals surface area contributed by atoms with Crippen molar-refractivity contribution in [2.24, 2.45) is 5.92 Å². The highest BCUT2D eigenvalue weighted by Crippen LogP contribution is 2.30. The summed E-state index contributed by atoms with van der Waals surface area (Å²) in [5, 5.41) is 3.98. The number of hydrogen-bond acceptors (Lipinski definition) is 2. The molecule has 3 aromatic rings. The van der Waals surface area contributed by atoms with Crippen molar-refractivity contribution in [1.82, 2.24) is 9.88 Å². The Morgan fingerprint density at radius 3 is 2.64 bits per heavy atom. The molecule has 146 valence electrons. The number of nitrogens with zero attached hydrogens (tertiary/aromatic N) is 1. The molecular weight excluding hydrogens is 348 g/mol. The number of aromatic nitrogens is 1. The number of nitrogens with one attached hydrogen (secondary N) is 1. The molecule has 1 N–H and O–H groups in total. The lowest BCUT2D eigenvalue weighted by Crippen LogP contribution is -2.29. The van der Waals surface area contributed by atoms with Crippen LogP contribution in [0.5, 0.6) is 5.75 Å². The normalized spacial score (nSPS) is 11.4. The van der Waals surface area contributed by atoms with E-state index in [2.05, 4.69) is 25.2 Å². The molecule has 0 spiro atoms. The summed E-state index contributed by atoms with van der Waals surface area (Å²) in [5.74, 6) is 1.14. The second-order valence-corrected chi connectivity index (χ2v) is 7.28. The Hall–Kier alpha value is -3.01. The van der Waals surface area contributed by atoms with E-state index in [1.165, 1.54) is 0 Å². The Morgan fingerprint density at radius 1 is 1.14 bits per heavy atom. The van der Waals surface area contributed by atoms with E-state index < -0.39 is 0 Å². The van der Waals surface area contributed by atoms with Gasteiger partial charge in [-0.3, -0.25) is 4.79 Å². The van der Waals surface area contributed by atoms with Crippen molar-refractivity contribution in [3.8, 4) is 5.75 Å². The molecule has 4 heteroatoms. The van der Waals surface area contributed by atoms with E-state index in [1.807, 2.05) is 72.2 Å². The Bertz CT molecular complexity index is 955. The molecule has 0 radical (unpaired) electrons. The topological polar surface area (TPSA) is 43.3 Å². The minimum Gasteiger partial charge on any atom is -0.488 e. The molecule has 0 aliphatic carbocycles. The van der Waals surface area contributed by atoms with Crippen molar-refractivity contribution in [2.45, 2.75) is 33.9 Å². The smallest absolute Gasteiger partial charge is 0.267 e. The van der Waals surface area contributed by atoms with Crippen LogP contribution in [0.1, 0.15) is 36.8 Å². The van der Waals surface area contributed by atoms with Gasteiger partial charge in [0.25, 0.3) is 5.91 Å². The van der Waals surface area contributed by atoms with E-state index in [0.29, 0.717) is 31.3 Å². The van der Waals surface area contributed by atoms with Crippen LogP contribution in [0.3, 0.4) is 0 Å². The first-order valence-electron chi connectivity index (χ1n) is 9.78. The van der Waals surface area contributed by atoms with Crippen LogP contribution < -0.4 is 10.1 Å². The first-order chi connectivity index (χ1) is 13.6. The van der Waals surface area contributed by atoms with Gasteiger partial charge in [-0.2, -0.15) is 0 Å². The molecule has 28 heavy (non-hydrogen) atoms. The highest BCUT2D eigenvalue weighted by atomic mass is 16.5. The second-order valence-electron chi connectivity index (χ2n) is 7.28. The number of carbonyl (C=O) groups is 1. The zero-order valence-corrected chi connectivity index (χ0v) is 16.8. The van der Waals surface area contributed by atoms with Gasteiger partial charge in [0.1, 0.15) is 18.1 Å². The fourth-order valence-electron chi connectivity index (χ4n) is 3.10. The molecule has 2 aromatic carbocycles. The summed E-state index contributed by atoms with van der Waals surface area (Å²) >= 11 is 0. The molecule has 4 nitrogen and oxygen atoms in total. The van der Waals surface area contributed by atoms with Gasteiger partial charge >= 0.3 is 0 Å². The molecule has 3 rings (SSSR count). The van der Waals surface area contributed by atoms with Crippen LogP contribution in [-0.4, -0.2) is 17.0 Å². The van der Waals surface area contributed by atoms with Crippen molar-refractivity contribution in [2.75, 3.05) is 6.54 Å². The molecule has 0 aliphatic heterocycles. The molecule has 1 heterocycles. The maximum absolute atomic E-state index is 12.8. The molecule has 0 saturated carbocycles. The summed E-state index contributed by atoms with van der Waals surface area (Å²) in [6.07, 6.45) is 4.05. The summed E-state index contributed by atoms with van der Waals surface area (Å²) in [7, 11) is 0. The molecule has 0 unspecified atom stereocenters. The molecule has 0 aliphatic rings. The van der Waals surface area contributed by atoms with Crippen LogP contribution in [0.15, 0.2) is 66.7 Å². The number of hydrogen-bond donors (Lipinski definition) is 1. The lowest BCUT2D eigenvalue weighted by atomic mass is 10.2. The zero-order chi connectivity index (χ0) is 19.9. The van der Waals surface area contributed by atoms with Gasteiger partial charge in [0, 0.05) is 18.5 Å². The summed E-state index contributed by atoms with van der Waals surface area (Å²) in [6, 6.07) is 18.0. The number of rotatable bonds is 8. The van der Waals surface area contributed by atoms with E-state index in [0.717, 1.165) is 22.2 Å². The van der Waals surface area contributed by atoms with Gasteiger partial charge in [-0.05, 0) is 36.6 Å². The standard InChI is InChI=1S/C24H28N2O2/c1-4-5-14-26-21-12-9-13-23(28-17-19-10-7-6-8-11-19)20(21)15-22(26)24(27)25-16-18(2)3/h4-13,15,18H,14,16-17H2,1-3H3,(H,25,27)/b5-4-. The van der Waals surface area contributed by atoms with Crippen molar-refractivity contribution in [3.05, 3.63) is 78.0 Å². The first-order valence-corrected chi connectivity index (χ1v) is 9.78. The average molecular weight is 377 g/mol. The fourth-order valence-corrected chi connectivity index (χ4v) is 3.10. The predicted octanol–water partition coefficient (Wildman–Crippen LogP) is 5.18.